The molecule has 34 heavy (non-hydrogen) atoms. The number of thioether (sulfide) groups is 1. The summed E-state index contributed by atoms with van der Waals surface area (Å²) in [7, 11) is 0. The maximum absolute atomic E-state index is 13.2. The topological polar surface area (TPSA) is 59.8 Å². The van der Waals surface area contributed by atoms with E-state index < -0.39 is 12.3 Å². The number of carbonyl (C=O) groups is 1. The molecular formula is C25H21ClF2N4OS. The number of benzene rings is 3. The van der Waals surface area contributed by atoms with Gasteiger partial charge in [0.2, 0.25) is 5.91 Å². The van der Waals surface area contributed by atoms with E-state index in [2.05, 4.69) is 15.5 Å². The Hall–Kier alpha value is -3.23. The summed E-state index contributed by atoms with van der Waals surface area (Å²) >= 11 is 7.22. The molecule has 0 aliphatic carbocycles. The SMILES string of the molecule is O=C(CSc1nnc(Cc2ccccc2)n1Cc1ccc(Cl)cc1)Nc1ccccc1C(F)F. The zero-order valence-electron chi connectivity index (χ0n) is 18.0. The molecule has 9 heteroatoms. The van der Waals surface area contributed by atoms with Crippen molar-refractivity contribution in [3.63, 3.8) is 0 Å². The zero-order chi connectivity index (χ0) is 23.9. The van der Waals surface area contributed by atoms with Crippen molar-refractivity contribution in [2.24, 2.45) is 0 Å². The number of alkyl halides is 2. The molecule has 0 saturated carbocycles. The highest BCUT2D eigenvalue weighted by Crippen LogP contribution is 2.27. The first kappa shape index (κ1) is 23.9. The van der Waals surface area contributed by atoms with Gasteiger partial charge in [0.05, 0.1) is 12.3 Å². The number of rotatable bonds is 9. The van der Waals surface area contributed by atoms with Crippen molar-refractivity contribution in [3.8, 4) is 0 Å². The summed E-state index contributed by atoms with van der Waals surface area (Å²) in [6.45, 7) is 0.504. The number of para-hydroxylation sites is 1. The number of halogens is 3. The van der Waals surface area contributed by atoms with Crippen LogP contribution < -0.4 is 5.32 Å². The van der Waals surface area contributed by atoms with Gasteiger partial charge in [-0.25, -0.2) is 8.78 Å². The van der Waals surface area contributed by atoms with Gasteiger partial charge in [-0.3, -0.25) is 4.79 Å². The first-order chi connectivity index (χ1) is 16.5. The van der Waals surface area contributed by atoms with Gasteiger partial charge in [-0.05, 0) is 29.3 Å². The Morgan fingerprint density at radius 2 is 1.65 bits per heavy atom. The summed E-state index contributed by atoms with van der Waals surface area (Å²) in [4.78, 5) is 12.5. The van der Waals surface area contributed by atoms with Crippen LogP contribution in [0.25, 0.3) is 0 Å². The Balaban J connectivity index is 1.51. The number of nitrogens with one attached hydrogen (secondary N) is 1. The summed E-state index contributed by atoms with van der Waals surface area (Å²) in [5.41, 5.74) is 1.99. The van der Waals surface area contributed by atoms with Crippen LogP contribution >= 0.6 is 23.4 Å². The van der Waals surface area contributed by atoms with Gasteiger partial charge in [0.25, 0.3) is 6.43 Å². The fourth-order valence-corrected chi connectivity index (χ4v) is 4.27. The molecule has 1 amide bonds. The van der Waals surface area contributed by atoms with Crippen LogP contribution in [-0.4, -0.2) is 26.4 Å². The number of amides is 1. The summed E-state index contributed by atoms with van der Waals surface area (Å²) in [6, 6.07) is 23.3. The van der Waals surface area contributed by atoms with E-state index in [1.165, 1.54) is 30.0 Å². The largest absolute Gasteiger partial charge is 0.325 e. The van der Waals surface area contributed by atoms with Crippen LogP contribution in [0.3, 0.4) is 0 Å². The van der Waals surface area contributed by atoms with Crippen LogP contribution in [0, 0.1) is 0 Å². The highest BCUT2D eigenvalue weighted by Gasteiger charge is 2.17. The number of hydrogen-bond acceptors (Lipinski definition) is 4. The highest BCUT2D eigenvalue weighted by molar-refractivity contribution is 7.99. The third-order valence-electron chi connectivity index (χ3n) is 5.05. The lowest BCUT2D eigenvalue weighted by atomic mass is 10.1. The van der Waals surface area contributed by atoms with Crippen LogP contribution in [0.1, 0.15) is 28.9 Å². The fraction of sp³-hybridized carbons (Fsp3) is 0.160. The minimum absolute atomic E-state index is 0.00165. The van der Waals surface area contributed by atoms with Gasteiger partial charge in [-0.1, -0.05) is 84.0 Å². The number of hydrogen-bond donors (Lipinski definition) is 1. The molecule has 174 valence electrons. The summed E-state index contributed by atoms with van der Waals surface area (Å²) < 4.78 is 28.4. The second-order valence-electron chi connectivity index (χ2n) is 7.50. The quantitative estimate of drug-likeness (QED) is 0.277. The monoisotopic (exact) mass is 498 g/mol. The molecule has 0 spiro atoms. The first-order valence-corrected chi connectivity index (χ1v) is 11.9. The van der Waals surface area contributed by atoms with Gasteiger partial charge in [-0.15, -0.1) is 10.2 Å². The normalized spacial score (nSPS) is 11.1. The van der Waals surface area contributed by atoms with E-state index in [0.717, 1.165) is 17.0 Å². The van der Waals surface area contributed by atoms with Crippen molar-refractivity contribution in [1.82, 2.24) is 14.8 Å². The Kier molecular flexibility index (Phi) is 7.92. The molecule has 0 unspecified atom stereocenters. The van der Waals surface area contributed by atoms with Crippen LogP contribution in [-0.2, 0) is 17.8 Å². The number of aromatic nitrogens is 3. The van der Waals surface area contributed by atoms with E-state index in [-0.39, 0.29) is 17.0 Å². The van der Waals surface area contributed by atoms with E-state index in [4.69, 9.17) is 11.6 Å². The third kappa shape index (κ3) is 6.21. The molecule has 1 aromatic heterocycles. The minimum atomic E-state index is -2.67. The lowest BCUT2D eigenvalue weighted by Crippen LogP contribution is -2.16. The molecular weight excluding hydrogens is 478 g/mol. The molecule has 0 fully saturated rings. The lowest BCUT2D eigenvalue weighted by molar-refractivity contribution is -0.113. The predicted molar refractivity (Wildman–Crippen MR) is 131 cm³/mol. The maximum atomic E-state index is 13.2. The molecule has 3 aromatic carbocycles. The van der Waals surface area contributed by atoms with E-state index in [1.807, 2.05) is 59.2 Å². The molecule has 5 nitrogen and oxygen atoms in total. The molecule has 0 bridgehead atoms. The second kappa shape index (κ2) is 11.3. The number of anilines is 1. The predicted octanol–water partition coefficient (Wildman–Crippen LogP) is 6.24. The molecule has 1 heterocycles. The Morgan fingerprint density at radius 3 is 2.38 bits per heavy atom. The minimum Gasteiger partial charge on any atom is -0.325 e. The van der Waals surface area contributed by atoms with Crippen molar-refractivity contribution >= 4 is 35.0 Å². The molecule has 0 radical (unpaired) electrons. The summed E-state index contributed by atoms with van der Waals surface area (Å²) in [6.07, 6.45) is -2.09. The van der Waals surface area contributed by atoms with Crippen LogP contribution in [0.15, 0.2) is 84.0 Å². The van der Waals surface area contributed by atoms with Crippen molar-refractivity contribution in [1.29, 1.82) is 0 Å². The Labute approximate surface area is 205 Å². The average molecular weight is 499 g/mol. The Morgan fingerprint density at radius 1 is 0.941 bits per heavy atom. The molecule has 0 saturated heterocycles. The van der Waals surface area contributed by atoms with Crippen molar-refractivity contribution in [2.45, 2.75) is 24.5 Å². The smallest absolute Gasteiger partial charge is 0.265 e. The second-order valence-corrected chi connectivity index (χ2v) is 8.88. The fourth-order valence-electron chi connectivity index (χ4n) is 3.38. The lowest BCUT2D eigenvalue weighted by Gasteiger charge is -2.12. The van der Waals surface area contributed by atoms with Gasteiger partial charge in [0.1, 0.15) is 5.82 Å². The molecule has 4 aromatic rings. The van der Waals surface area contributed by atoms with Crippen molar-refractivity contribution in [2.75, 3.05) is 11.1 Å². The van der Waals surface area contributed by atoms with Gasteiger partial charge < -0.3 is 9.88 Å². The van der Waals surface area contributed by atoms with Crippen LogP contribution in [0.4, 0.5) is 14.5 Å². The molecule has 0 aliphatic rings. The molecule has 0 aliphatic heterocycles. The van der Waals surface area contributed by atoms with Crippen molar-refractivity contribution < 1.29 is 13.6 Å². The van der Waals surface area contributed by atoms with Crippen LogP contribution in [0.5, 0.6) is 0 Å². The summed E-state index contributed by atoms with van der Waals surface area (Å²) in [5.74, 6) is 0.359. The van der Waals surface area contributed by atoms with E-state index >= 15 is 0 Å². The van der Waals surface area contributed by atoms with Gasteiger partial charge in [0, 0.05) is 22.7 Å². The summed E-state index contributed by atoms with van der Waals surface area (Å²) in [5, 5.41) is 12.4. The first-order valence-electron chi connectivity index (χ1n) is 10.5. The molecule has 1 N–H and O–H groups in total. The van der Waals surface area contributed by atoms with E-state index in [1.54, 1.807) is 6.07 Å². The molecule has 4 rings (SSSR count). The van der Waals surface area contributed by atoms with Crippen LogP contribution in [0.2, 0.25) is 5.02 Å². The van der Waals surface area contributed by atoms with Gasteiger partial charge in [-0.2, -0.15) is 0 Å². The average Bonchev–Trinajstić information content (AvgIpc) is 3.21. The van der Waals surface area contributed by atoms with Gasteiger partial charge >= 0.3 is 0 Å². The van der Waals surface area contributed by atoms with Gasteiger partial charge in [0.15, 0.2) is 5.16 Å². The third-order valence-corrected chi connectivity index (χ3v) is 6.27. The Bertz CT molecular complexity index is 1250. The number of nitrogens with zero attached hydrogens (tertiary/aromatic N) is 3. The number of carbonyl (C=O) groups excluding carboxylic acids is 1. The zero-order valence-corrected chi connectivity index (χ0v) is 19.6. The molecule has 0 atom stereocenters. The maximum Gasteiger partial charge on any atom is 0.265 e. The van der Waals surface area contributed by atoms with E-state index in [9.17, 15) is 13.6 Å². The highest BCUT2D eigenvalue weighted by atomic mass is 35.5. The van der Waals surface area contributed by atoms with E-state index in [0.29, 0.717) is 23.1 Å². The standard InChI is InChI=1S/C25H21ClF2N4OS/c26-19-12-10-18(11-13-19)15-32-22(14-17-6-2-1-3-7-17)30-31-25(32)34-16-23(33)29-21-9-5-4-8-20(21)24(27)28/h1-13,24H,14-16H2,(H,29,33). The van der Waals surface area contributed by atoms with Crippen molar-refractivity contribution in [3.05, 3.63) is 106 Å².